The monoisotopic (exact) mass is 297 g/mol. The Balaban J connectivity index is 2.11. The smallest absolute Gasteiger partial charge is 0.239 e. The molecule has 0 unspecified atom stereocenters. The zero-order valence-electron chi connectivity index (χ0n) is 11.5. The number of hydrogen-bond acceptors (Lipinski definition) is 6. The van der Waals surface area contributed by atoms with Crippen molar-refractivity contribution in [2.45, 2.75) is 4.90 Å². The van der Waals surface area contributed by atoms with Crippen LogP contribution in [0.3, 0.4) is 0 Å². The topological polar surface area (TPSA) is 75.9 Å². The number of rotatable bonds is 4. The first kappa shape index (κ1) is 13.7. The van der Waals surface area contributed by atoms with E-state index in [1.54, 1.807) is 11.8 Å². The summed E-state index contributed by atoms with van der Waals surface area (Å²) in [7, 11) is 0. The van der Waals surface area contributed by atoms with Crippen LogP contribution in [-0.4, -0.2) is 16.2 Å². The summed E-state index contributed by atoms with van der Waals surface area (Å²) in [4.78, 5) is 9.92. The molecule has 0 bridgehead atoms. The first-order valence-corrected chi connectivity index (χ1v) is 7.67. The zero-order chi connectivity index (χ0) is 14.7. The van der Waals surface area contributed by atoms with Crippen molar-refractivity contribution < 1.29 is 0 Å². The van der Waals surface area contributed by atoms with Gasteiger partial charge in [-0.3, -0.25) is 5.43 Å². The first-order valence-electron chi connectivity index (χ1n) is 6.45. The van der Waals surface area contributed by atoms with Crippen LogP contribution in [-0.2, 0) is 0 Å². The van der Waals surface area contributed by atoms with Crippen LogP contribution in [0.1, 0.15) is 0 Å². The van der Waals surface area contributed by atoms with Gasteiger partial charge < -0.3 is 5.32 Å². The van der Waals surface area contributed by atoms with E-state index in [0.717, 1.165) is 27.3 Å². The molecule has 0 saturated carbocycles. The number of hydrogen-bond donors (Lipinski definition) is 3. The number of nitrogens with one attached hydrogen (secondary N) is 2. The number of aromatic nitrogens is 2. The van der Waals surface area contributed by atoms with E-state index in [-0.39, 0.29) is 0 Å². The molecular formula is C15H15N5S. The van der Waals surface area contributed by atoms with Crippen LogP contribution in [0, 0.1) is 0 Å². The minimum absolute atomic E-state index is 0.387. The summed E-state index contributed by atoms with van der Waals surface area (Å²) < 4.78 is 0. The third-order valence-corrected chi connectivity index (χ3v) is 3.89. The summed E-state index contributed by atoms with van der Waals surface area (Å²) in [5.74, 6) is 6.57. The molecule has 2 aromatic carbocycles. The van der Waals surface area contributed by atoms with Gasteiger partial charge in [0.2, 0.25) is 5.95 Å². The molecule has 106 valence electrons. The minimum atomic E-state index is 0.387. The van der Waals surface area contributed by atoms with E-state index in [4.69, 9.17) is 5.84 Å². The number of thioether (sulfide) groups is 1. The van der Waals surface area contributed by atoms with Crippen molar-refractivity contribution in [3.63, 3.8) is 0 Å². The average Bonchev–Trinajstić information content (AvgIpc) is 2.55. The predicted octanol–water partition coefficient (Wildman–Crippen LogP) is 3.38. The van der Waals surface area contributed by atoms with E-state index in [0.29, 0.717) is 5.95 Å². The molecule has 3 aromatic rings. The molecule has 1 heterocycles. The maximum Gasteiger partial charge on any atom is 0.239 e. The van der Waals surface area contributed by atoms with E-state index in [1.807, 2.05) is 48.7 Å². The van der Waals surface area contributed by atoms with Gasteiger partial charge in [-0.2, -0.15) is 4.98 Å². The Morgan fingerprint density at radius 2 is 1.76 bits per heavy atom. The number of nitrogen functional groups attached to an aromatic ring is 1. The lowest BCUT2D eigenvalue weighted by atomic mass is 10.2. The van der Waals surface area contributed by atoms with Crippen molar-refractivity contribution in [3.05, 3.63) is 48.5 Å². The Kier molecular flexibility index (Phi) is 3.89. The number of benzene rings is 2. The van der Waals surface area contributed by atoms with Crippen LogP contribution in [0.25, 0.3) is 10.9 Å². The molecule has 0 aliphatic heterocycles. The van der Waals surface area contributed by atoms with Crippen LogP contribution in [0.4, 0.5) is 17.5 Å². The molecule has 21 heavy (non-hydrogen) atoms. The lowest BCUT2D eigenvalue weighted by Gasteiger charge is -2.12. The standard InChI is InChI=1S/C15H15N5S/c1-21-13-9-5-4-8-12(13)17-14-10-6-2-3-7-11(10)18-15(19-14)20-16/h2-9H,16H2,1H3,(H2,17,18,19,20). The Morgan fingerprint density at radius 3 is 2.57 bits per heavy atom. The van der Waals surface area contributed by atoms with E-state index in [2.05, 4.69) is 26.8 Å². The third-order valence-electron chi connectivity index (χ3n) is 3.09. The van der Waals surface area contributed by atoms with Gasteiger partial charge in [-0.05, 0) is 30.5 Å². The minimum Gasteiger partial charge on any atom is -0.339 e. The van der Waals surface area contributed by atoms with E-state index in [9.17, 15) is 0 Å². The second-order valence-corrected chi connectivity index (χ2v) is 5.23. The summed E-state index contributed by atoms with van der Waals surface area (Å²) in [5.41, 5.74) is 4.35. The highest BCUT2D eigenvalue weighted by Crippen LogP contribution is 2.30. The highest BCUT2D eigenvalue weighted by molar-refractivity contribution is 7.98. The summed E-state index contributed by atoms with van der Waals surface area (Å²) in [6.45, 7) is 0. The van der Waals surface area contributed by atoms with Crippen LogP contribution in [0.5, 0.6) is 0 Å². The van der Waals surface area contributed by atoms with Crippen molar-refractivity contribution in [1.29, 1.82) is 0 Å². The number of hydrazine groups is 1. The SMILES string of the molecule is CSc1ccccc1Nc1nc(NN)nc2ccccc12. The molecule has 0 spiro atoms. The predicted molar refractivity (Wildman–Crippen MR) is 88.9 cm³/mol. The van der Waals surface area contributed by atoms with Crippen molar-refractivity contribution in [1.82, 2.24) is 9.97 Å². The second kappa shape index (κ2) is 5.99. The highest BCUT2D eigenvalue weighted by Gasteiger charge is 2.08. The average molecular weight is 297 g/mol. The lowest BCUT2D eigenvalue weighted by Crippen LogP contribution is -2.11. The molecule has 0 aliphatic rings. The number of nitrogens with two attached hydrogens (primary N) is 1. The lowest BCUT2D eigenvalue weighted by molar-refractivity contribution is 1.15. The van der Waals surface area contributed by atoms with Crippen molar-refractivity contribution in [2.75, 3.05) is 17.0 Å². The van der Waals surface area contributed by atoms with Gasteiger partial charge in [0.05, 0.1) is 11.2 Å². The fourth-order valence-electron chi connectivity index (χ4n) is 2.11. The maximum absolute atomic E-state index is 5.45. The first-order chi connectivity index (χ1) is 10.3. The second-order valence-electron chi connectivity index (χ2n) is 4.38. The Labute approximate surface area is 127 Å². The Morgan fingerprint density at radius 1 is 1.00 bits per heavy atom. The molecule has 0 saturated heterocycles. The summed E-state index contributed by atoms with van der Waals surface area (Å²) in [5, 5.41) is 4.32. The third kappa shape index (κ3) is 2.76. The van der Waals surface area contributed by atoms with Crippen molar-refractivity contribution >= 4 is 40.1 Å². The molecule has 0 fully saturated rings. The van der Waals surface area contributed by atoms with Gasteiger partial charge in [-0.15, -0.1) is 11.8 Å². The molecule has 0 atom stereocenters. The molecule has 5 nitrogen and oxygen atoms in total. The van der Waals surface area contributed by atoms with Gasteiger partial charge in [0, 0.05) is 10.3 Å². The van der Waals surface area contributed by atoms with Gasteiger partial charge in [-0.25, -0.2) is 10.8 Å². The molecule has 0 radical (unpaired) electrons. The number of para-hydroxylation sites is 2. The normalized spacial score (nSPS) is 10.6. The summed E-state index contributed by atoms with van der Waals surface area (Å²) >= 11 is 1.68. The molecule has 0 aliphatic carbocycles. The van der Waals surface area contributed by atoms with Crippen LogP contribution in [0.2, 0.25) is 0 Å². The number of fused-ring (bicyclic) bond motifs is 1. The van der Waals surface area contributed by atoms with Crippen LogP contribution >= 0.6 is 11.8 Å². The van der Waals surface area contributed by atoms with Crippen molar-refractivity contribution in [3.8, 4) is 0 Å². The van der Waals surface area contributed by atoms with Crippen molar-refractivity contribution in [2.24, 2.45) is 5.84 Å². The molecule has 4 N–H and O–H groups in total. The molecule has 3 rings (SSSR count). The number of nitrogens with zero attached hydrogens (tertiary/aromatic N) is 2. The quantitative estimate of drug-likeness (QED) is 0.389. The summed E-state index contributed by atoms with van der Waals surface area (Å²) in [6, 6.07) is 15.9. The van der Waals surface area contributed by atoms with Crippen LogP contribution < -0.4 is 16.6 Å². The molecule has 1 aromatic heterocycles. The van der Waals surface area contributed by atoms with Crippen LogP contribution in [0.15, 0.2) is 53.4 Å². The van der Waals surface area contributed by atoms with Gasteiger partial charge >= 0.3 is 0 Å². The number of anilines is 3. The van der Waals surface area contributed by atoms with E-state index < -0.39 is 0 Å². The molecule has 6 heteroatoms. The molecule has 0 amide bonds. The Hall–Kier alpha value is -2.31. The van der Waals surface area contributed by atoms with E-state index in [1.165, 1.54) is 0 Å². The zero-order valence-corrected chi connectivity index (χ0v) is 12.3. The van der Waals surface area contributed by atoms with E-state index >= 15 is 0 Å². The summed E-state index contributed by atoms with van der Waals surface area (Å²) in [6.07, 6.45) is 2.05. The highest BCUT2D eigenvalue weighted by atomic mass is 32.2. The fourth-order valence-corrected chi connectivity index (χ4v) is 2.67. The van der Waals surface area contributed by atoms with Gasteiger partial charge in [0.1, 0.15) is 5.82 Å². The maximum atomic E-state index is 5.45. The Bertz CT molecular complexity index is 775. The van der Waals surface area contributed by atoms with Gasteiger partial charge in [0.25, 0.3) is 0 Å². The fraction of sp³-hybridized carbons (Fsp3) is 0.0667. The molecular weight excluding hydrogens is 282 g/mol. The van der Waals surface area contributed by atoms with Gasteiger partial charge in [0.15, 0.2) is 0 Å². The largest absolute Gasteiger partial charge is 0.339 e. The van der Waals surface area contributed by atoms with Gasteiger partial charge in [-0.1, -0.05) is 24.3 Å².